The molecule has 0 aliphatic carbocycles. The summed E-state index contributed by atoms with van der Waals surface area (Å²) < 4.78 is 0. The predicted molar refractivity (Wildman–Crippen MR) is 60.2 cm³/mol. The maximum Gasteiger partial charge on any atom is 0.0372 e. The van der Waals surface area contributed by atoms with Crippen molar-refractivity contribution in [2.75, 3.05) is 0 Å². The Labute approximate surface area is 86.5 Å². The maximum atomic E-state index is 5.94. The van der Waals surface area contributed by atoms with E-state index < -0.39 is 0 Å². The SMILES string of the molecule is CCCC(N)CCc1ccc(C)nc1. The highest BCUT2D eigenvalue weighted by atomic mass is 14.7. The summed E-state index contributed by atoms with van der Waals surface area (Å²) in [6.45, 7) is 4.18. The van der Waals surface area contributed by atoms with Gasteiger partial charge in [-0.05, 0) is 37.8 Å². The van der Waals surface area contributed by atoms with Crippen LogP contribution in [0.5, 0.6) is 0 Å². The lowest BCUT2D eigenvalue weighted by Gasteiger charge is -2.09. The molecular weight excluding hydrogens is 172 g/mol. The maximum absolute atomic E-state index is 5.94. The first-order chi connectivity index (χ1) is 6.72. The van der Waals surface area contributed by atoms with E-state index in [0.717, 1.165) is 25.0 Å². The van der Waals surface area contributed by atoms with E-state index in [1.807, 2.05) is 13.1 Å². The van der Waals surface area contributed by atoms with Crippen LogP contribution < -0.4 is 5.73 Å². The molecule has 0 radical (unpaired) electrons. The summed E-state index contributed by atoms with van der Waals surface area (Å²) in [5, 5.41) is 0. The molecule has 1 rings (SSSR count). The van der Waals surface area contributed by atoms with Gasteiger partial charge in [-0.2, -0.15) is 0 Å². The first-order valence-corrected chi connectivity index (χ1v) is 5.39. The van der Waals surface area contributed by atoms with Crippen molar-refractivity contribution in [1.29, 1.82) is 0 Å². The molecule has 78 valence electrons. The van der Waals surface area contributed by atoms with E-state index in [4.69, 9.17) is 5.73 Å². The van der Waals surface area contributed by atoms with E-state index in [-0.39, 0.29) is 0 Å². The van der Waals surface area contributed by atoms with E-state index in [1.54, 1.807) is 0 Å². The van der Waals surface area contributed by atoms with Gasteiger partial charge in [0.25, 0.3) is 0 Å². The summed E-state index contributed by atoms with van der Waals surface area (Å²) in [6.07, 6.45) is 6.37. The molecule has 0 bridgehead atoms. The number of nitrogens with zero attached hydrogens (tertiary/aromatic N) is 1. The van der Waals surface area contributed by atoms with E-state index in [2.05, 4.69) is 24.0 Å². The van der Waals surface area contributed by atoms with Gasteiger partial charge in [0.2, 0.25) is 0 Å². The largest absolute Gasteiger partial charge is 0.328 e. The standard InChI is InChI=1S/C12H20N2/c1-3-4-12(13)8-7-11-6-5-10(2)14-9-11/h5-6,9,12H,3-4,7-8,13H2,1-2H3. The number of hydrogen-bond donors (Lipinski definition) is 1. The molecule has 14 heavy (non-hydrogen) atoms. The molecule has 1 unspecified atom stereocenters. The first kappa shape index (κ1) is 11.2. The Bertz CT molecular complexity index is 254. The minimum atomic E-state index is 0.348. The van der Waals surface area contributed by atoms with Gasteiger partial charge in [-0.25, -0.2) is 0 Å². The van der Waals surface area contributed by atoms with Crippen LogP contribution in [-0.4, -0.2) is 11.0 Å². The van der Waals surface area contributed by atoms with Crippen LogP contribution in [0.4, 0.5) is 0 Å². The molecule has 1 heterocycles. The summed E-state index contributed by atoms with van der Waals surface area (Å²) in [7, 11) is 0. The van der Waals surface area contributed by atoms with Gasteiger partial charge in [0.1, 0.15) is 0 Å². The number of rotatable bonds is 5. The molecule has 0 saturated heterocycles. The van der Waals surface area contributed by atoms with Gasteiger partial charge in [0.15, 0.2) is 0 Å². The lowest BCUT2D eigenvalue weighted by Crippen LogP contribution is -2.20. The van der Waals surface area contributed by atoms with Crippen molar-refractivity contribution in [3.63, 3.8) is 0 Å². The van der Waals surface area contributed by atoms with Gasteiger partial charge in [0.05, 0.1) is 0 Å². The molecule has 2 N–H and O–H groups in total. The van der Waals surface area contributed by atoms with Crippen LogP contribution in [-0.2, 0) is 6.42 Å². The summed E-state index contributed by atoms with van der Waals surface area (Å²) in [6, 6.07) is 4.54. The third-order valence-corrected chi connectivity index (χ3v) is 2.44. The molecule has 2 nitrogen and oxygen atoms in total. The van der Waals surface area contributed by atoms with Crippen molar-refractivity contribution in [3.05, 3.63) is 29.6 Å². The number of aryl methyl sites for hydroxylation is 2. The number of nitrogens with two attached hydrogens (primary N) is 1. The summed E-state index contributed by atoms with van der Waals surface area (Å²) >= 11 is 0. The molecule has 1 aromatic heterocycles. The smallest absolute Gasteiger partial charge is 0.0372 e. The summed E-state index contributed by atoms with van der Waals surface area (Å²) in [5.74, 6) is 0. The van der Waals surface area contributed by atoms with Crippen molar-refractivity contribution < 1.29 is 0 Å². The monoisotopic (exact) mass is 192 g/mol. The normalized spacial score (nSPS) is 12.8. The minimum absolute atomic E-state index is 0.348. The minimum Gasteiger partial charge on any atom is -0.328 e. The molecule has 1 aromatic rings. The van der Waals surface area contributed by atoms with Crippen LogP contribution in [0.15, 0.2) is 18.3 Å². The predicted octanol–water partition coefficient (Wildman–Crippen LogP) is 2.45. The molecule has 0 fully saturated rings. The molecule has 0 aliphatic rings. The lowest BCUT2D eigenvalue weighted by molar-refractivity contribution is 0.560. The fourth-order valence-corrected chi connectivity index (χ4v) is 1.51. The molecule has 0 saturated carbocycles. The van der Waals surface area contributed by atoms with Crippen molar-refractivity contribution in [1.82, 2.24) is 4.98 Å². The lowest BCUT2D eigenvalue weighted by atomic mass is 10.0. The second-order valence-corrected chi connectivity index (χ2v) is 3.90. The molecule has 0 amide bonds. The van der Waals surface area contributed by atoms with Crippen LogP contribution in [0.25, 0.3) is 0 Å². The zero-order chi connectivity index (χ0) is 10.4. The van der Waals surface area contributed by atoms with E-state index in [9.17, 15) is 0 Å². The van der Waals surface area contributed by atoms with Crippen LogP contribution >= 0.6 is 0 Å². The molecule has 2 heteroatoms. The summed E-state index contributed by atoms with van der Waals surface area (Å²) in [5.41, 5.74) is 8.31. The van der Waals surface area contributed by atoms with Crippen molar-refractivity contribution in [2.45, 2.75) is 45.6 Å². The van der Waals surface area contributed by atoms with Crippen molar-refractivity contribution in [3.8, 4) is 0 Å². The fourth-order valence-electron chi connectivity index (χ4n) is 1.51. The van der Waals surface area contributed by atoms with Crippen molar-refractivity contribution in [2.24, 2.45) is 5.73 Å². The highest BCUT2D eigenvalue weighted by molar-refractivity contribution is 5.13. The van der Waals surface area contributed by atoms with Crippen molar-refractivity contribution >= 4 is 0 Å². The van der Waals surface area contributed by atoms with Crippen LogP contribution in [0.3, 0.4) is 0 Å². The third-order valence-electron chi connectivity index (χ3n) is 2.44. The number of hydrogen-bond acceptors (Lipinski definition) is 2. The third kappa shape index (κ3) is 3.88. The Kier molecular flexibility index (Phi) is 4.60. The Morgan fingerprint density at radius 3 is 2.71 bits per heavy atom. The topological polar surface area (TPSA) is 38.9 Å². The second kappa shape index (κ2) is 5.76. The van der Waals surface area contributed by atoms with Gasteiger partial charge < -0.3 is 5.73 Å². The highest BCUT2D eigenvalue weighted by Gasteiger charge is 2.01. The van der Waals surface area contributed by atoms with Crippen LogP contribution in [0.2, 0.25) is 0 Å². The first-order valence-electron chi connectivity index (χ1n) is 5.39. The second-order valence-electron chi connectivity index (χ2n) is 3.90. The van der Waals surface area contributed by atoms with Crippen LogP contribution in [0.1, 0.15) is 37.4 Å². The van der Waals surface area contributed by atoms with E-state index in [0.29, 0.717) is 6.04 Å². The Balaban J connectivity index is 2.34. The van der Waals surface area contributed by atoms with E-state index in [1.165, 1.54) is 12.0 Å². The Morgan fingerprint density at radius 2 is 2.14 bits per heavy atom. The number of aromatic nitrogens is 1. The zero-order valence-corrected chi connectivity index (χ0v) is 9.16. The molecule has 0 spiro atoms. The van der Waals surface area contributed by atoms with Gasteiger partial charge >= 0.3 is 0 Å². The summed E-state index contributed by atoms with van der Waals surface area (Å²) in [4.78, 5) is 4.26. The van der Waals surface area contributed by atoms with Gasteiger partial charge in [0, 0.05) is 17.9 Å². The zero-order valence-electron chi connectivity index (χ0n) is 9.16. The quantitative estimate of drug-likeness (QED) is 0.778. The average molecular weight is 192 g/mol. The molecular formula is C12H20N2. The molecule has 0 aliphatic heterocycles. The fraction of sp³-hybridized carbons (Fsp3) is 0.583. The highest BCUT2D eigenvalue weighted by Crippen LogP contribution is 2.06. The van der Waals surface area contributed by atoms with Gasteiger partial charge in [-0.3, -0.25) is 4.98 Å². The van der Waals surface area contributed by atoms with Gasteiger partial charge in [-0.1, -0.05) is 19.4 Å². The Morgan fingerprint density at radius 1 is 1.36 bits per heavy atom. The Hall–Kier alpha value is -0.890. The van der Waals surface area contributed by atoms with Gasteiger partial charge in [-0.15, -0.1) is 0 Å². The van der Waals surface area contributed by atoms with E-state index >= 15 is 0 Å². The average Bonchev–Trinajstić information content (AvgIpc) is 2.17. The van der Waals surface area contributed by atoms with Crippen LogP contribution in [0, 0.1) is 6.92 Å². The number of pyridine rings is 1. The molecule has 1 atom stereocenters. The molecule has 0 aromatic carbocycles.